The third-order valence-corrected chi connectivity index (χ3v) is 3.30. The van der Waals surface area contributed by atoms with Gasteiger partial charge in [-0.15, -0.1) is 0 Å². The lowest BCUT2D eigenvalue weighted by molar-refractivity contribution is 0.00161. The van der Waals surface area contributed by atoms with Crippen molar-refractivity contribution in [2.45, 2.75) is 51.2 Å². The van der Waals surface area contributed by atoms with Crippen molar-refractivity contribution in [1.82, 2.24) is 4.90 Å². The van der Waals surface area contributed by atoms with Crippen molar-refractivity contribution in [3.63, 3.8) is 0 Å². The summed E-state index contributed by atoms with van der Waals surface area (Å²) in [6.45, 7) is 6.12. The first-order chi connectivity index (χ1) is 6.66. The number of hydrogen-bond acceptors (Lipinski definition) is 3. The van der Waals surface area contributed by atoms with Crippen molar-refractivity contribution < 1.29 is 4.74 Å². The molecule has 0 saturated carbocycles. The van der Waals surface area contributed by atoms with Gasteiger partial charge in [-0.2, -0.15) is 0 Å². The topological polar surface area (TPSA) is 38.5 Å². The highest BCUT2D eigenvalue weighted by atomic mass is 16.5. The molecule has 2 N–H and O–H groups in total. The van der Waals surface area contributed by atoms with E-state index in [1.54, 1.807) is 0 Å². The maximum absolute atomic E-state index is 6.09. The standard InChI is InChI=1S/C11H24N2O/c1-4-5-9(2)13(3)11-8-14-7-6-10(11)12/h9-11H,4-8,12H2,1-3H3. The van der Waals surface area contributed by atoms with Gasteiger partial charge < -0.3 is 10.5 Å². The molecular weight excluding hydrogens is 176 g/mol. The molecule has 1 aliphatic rings. The van der Waals surface area contributed by atoms with Crippen molar-refractivity contribution in [1.29, 1.82) is 0 Å². The summed E-state index contributed by atoms with van der Waals surface area (Å²) in [5.41, 5.74) is 6.09. The van der Waals surface area contributed by atoms with Crippen LogP contribution in [0.25, 0.3) is 0 Å². The summed E-state index contributed by atoms with van der Waals surface area (Å²) in [6.07, 6.45) is 3.46. The van der Waals surface area contributed by atoms with E-state index >= 15 is 0 Å². The molecule has 3 atom stereocenters. The Kier molecular flexibility index (Phi) is 4.85. The van der Waals surface area contributed by atoms with Crippen LogP contribution in [0.15, 0.2) is 0 Å². The summed E-state index contributed by atoms with van der Waals surface area (Å²) >= 11 is 0. The zero-order valence-corrected chi connectivity index (χ0v) is 9.70. The molecule has 1 heterocycles. The Morgan fingerprint density at radius 2 is 2.29 bits per heavy atom. The van der Waals surface area contributed by atoms with Crippen molar-refractivity contribution in [2.24, 2.45) is 5.73 Å². The van der Waals surface area contributed by atoms with Crippen LogP contribution in [0, 0.1) is 0 Å². The molecule has 0 aliphatic carbocycles. The van der Waals surface area contributed by atoms with Gasteiger partial charge in [-0.25, -0.2) is 0 Å². The molecule has 84 valence electrons. The summed E-state index contributed by atoms with van der Waals surface area (Å²) in [5, 5.41) is 0. The van der Waals surface area contributed by atoms with Gasteiger partial charge in [0.05, 0.1) is 6.61 Å². The summed E-state index contributed by atoms with van der Waals surface area (Å²) < 4.78 is 5.48. The molecule has 3 unspecified atom stereocenters. The Balaban J connectivity index is 2.44. The molecule has 0 aromatic rings. The van der Waals surface area contributed by atoms with Crippen LogP contribution in [0.4, 0.5) is 0 Å². The van der Waals surface area contributed by atoms with Crippen molar-refractivity contribution in [3.05, 3.63) is 0 Å². The van der Waals surface area contributed by atoms with Crippen LogP contribution < -0.4 is 5.73 Å². The minimum atomic E-state index is 0.285. The Bertz CT molecular complexity index is 163. The second-order valence-electron chi connectivity index (χ2n) is 4.40. The summed E-state index contributed by atoms with van der Waals surface area (Å²) in [4.78, 5) is 2.38. The average molecular weight is 200 g/mol. The average Bonchev–Trinajstić information content (AvgIpc) is 2.18. The molecule has 0 amide bonds. The van der Waals surface area contributed by atoms with Gasteiger partial charge in [0.15, 0.2) is 0 Å². The SMILES string of the molecule is CCCC(C)N(C)C1COCCC1N. The maximum Gasteiger partial charge on any atom is 0.0636 e. The maximum atomic E-state index is 6.09. The third kappa shape index (κ3) is 2.94. The molecule has 3 nitrogen and oxygen atoms in total. The van der Waals surface area contributed by atoms with Crippen molar-refractivity contribution in [3.8, 4) is 0 Å². The molecule has 0 bridgehead atoms. The van der Waals surface area contributed by atoms with E-state index in [0.29, 0.717) is 12.1 Å². The van der Waals surface area contributed by atoms with Gasteiger partial charge in [0, 0.05) is 24.7 Å². The van der Waals surface area contributed by atoms with Crippen LogP contribution in [-0.4, -0.2) is 43.3 Å². The van der Waals surface area contributed by atoms with Crippen LogP contribution in [0.5, 0.6) is 0 Å². The fourth-order valence-electron chi connectivity index (χ4n) is 2.11. The van der Waals surface area contributed by atoms with E-state index in [4.69, 9.17) is 10.5 Å². The lowest BCUT2D eigenvalue weighted by Crippen LogP contribution is -2.54. The lowest BCUT2D eigenvalue weighted by atomic mass is 10.0. The van der Waals surface area contributed by atoms with Crippen LogP contribution in [0.2, 0.25) is 0 Å². The Morgan fingerprint density at radius 1 is 1.57 bits per heavy atom. The van der Waals surface area contributed by atoms with Gasteiger partial charge in [0.1, 0.15) is 0 Å². The molecule has 1 fully saturated rings. The summed E-state index contributed by atoms with van der Waals surface area (Å²) in [7, 11) is 2.17. The first kappa shape index (κ1) is 12.0. The molecular formula is C11H24N2O. The molecule has 0 radical (unpaired) electrons. The van der Waals surface area contributed by atoms with E-state index in [1.165, 1.54) is 12.8 Å². The molecule has 1 saturated heterocycles. The normalized spacial score (nSPS) is 30.6. The molecule has 0 spiro atoms. The van der Waals surface area contributed by atoms with E-state index in [9.17, 15) is 0 Å². The molecule has 1 rings (SSSR count). The number of rotatable bonds is 4. The Hall–Kier alpha value is -0.120. The second kappa shape index (κ2) is 5.69. The van der Waals surface area contributed by atoms with Crippen molar-refractivity contribution >= 4 is 0 Å². The van der Waals surface area contributed by atoms with Gasteiger partial charge in [-0.05, 0) is 26.8 Å². The Morgan fingerprint density at radius 3 is 2.86 bits per heavy atom. The monoisotopic (exact) mass is 200 g/mol. The predicted molar refractivity (Wildman–Crippen MR) is 59.3 cm³/mol. The highest BCUT2D eigenvalue weighted by Crippen LogP contribution is 2.15. The zero-order valence-electron chi connectivity index (χ0n) is 9.70. The highest BCUT2D eigenvalue weighted by molar-refractivity contribution is 4.85. The van der Waals surface area contributed by atoms with Crippen molar-refractivity contribution in [2.75, 3.05) is 20.3 Å². The minimum absolute atomic E-state index is 0.285. The second-order valence-corrected chi connectivity index (χ2v) is 4.40. The van der Waals surface area contributed by atoms with Gasteiger partial charge >= 0.3 is 0 Å². The van der Waals surface area contributed by atoms with E-state index in [1.807, 2.05) is 0 Å². The van der Waals surface area contributed by atoms with Gasteiger partial charge in [-0.3, -0.25) is 4.90 Å². The van der Waals surface area contributed by atoms with E-state index in [2.05, 4.69) is 25.8 Å². The van der Waals surface area contributed by atoms with Crippen LogP contribution in [0.3, 0.4) is 0 Å². The zero-order chi connectivity index (χ0) is 10.6. The number of nitrogens with zero attached hydrogens (tertiary/aromatic N) is 1. The molecule has 3 heteroatoms. The molecule has 0 aromatic heterocycles. The number of likely N-dealkylation sites (N-methyl/N-ethyl adjacent to an activating group) is 1. The minimum Gasteiger partial charge on any atom is -0.380 e. The number of nitrogens with two attached hydrogens (primary N) is 1. The number of ether oxygens (including phenoxy) is 1. The summed E-state index contributed by atoms with van der Waals surface area (Å²) in [6, 6.07) is 1.30. The fourth-order valence-corrected chi connectivity index (χ4v) is 2.11. The van der Waals surface area contributed by atoms with Crippen LogP contribution in [-0.2, 0) is 4.74 Å². The summed E-state index contributed by atoms with van der Waals surface area (Å²) in [5.74, 6) is 0. The fraction of sp³-hybridized carbons (Fsp3) is 1.00. The lowest BCUT2D eigenvalue weighted by Gasteiger charge is -2.39. The first-order valence-corrected chi connectivity index (χ1v) is 5.72. The predicted octanol–water partition coefficient (Wildman–Crippen LogP) is 1.22. The van der Waals surface area contributed by atoms with Gasteiger partial charge in [0.2, 0.25) is 0 Å². The van der Waals surface area contributed by atoms with Gasteiger partial charge in [-0.1, -0.05) is 13.3 Å². The number of hydrogen-bond donors (Lipinski definition) is 1. The Labute approximate surface area is 87.6 Å². The smallest absolute Gasteiger partial charge is 0.0636 e. The molecule has 0 aromatic carbocycles. The van der Waals surface area contributed by atoms with Gasteiger partial charge in [0.25, 0.3) is 0 Å². The molecule has 1 aliphatic heterocycles. The van der Waals surface area contributed by atoms with E-state index < -0.39 is 0 Å². The van der Waals surface area contributed by atoms with Crippen LogP contribution >= 0.6 is 0 Å². The van der Waals surface area contributed by atoms with Crippen LogP contribution in [0.1, 0.15) is 33.1 Å². The first-order valence-electron chi connectivity index (χ1n) is 5.72. The molecule has 14 heavy (non-hydrogen) atoms. The van der Waals surface area contributed by atoms with E-state index in [-0.39, 0.29) is 6.04 Å². The highest BCUT2D eigenvalue weighted by Gasteiger charge is 2.28. The van der Waals surface area contributed by atoms with E-state index in [0.717, 1.165) is 19.6 Å². The largest absolute Gasteiger partial charge is 0.380 e. The quantitative estimate of drug-likeness (QED) is 0.741. The third-order valence-electron chi connectivity index (χ3n) is 3.30.